The average Bonchev–Trinajstić information content (AvgIpc) is 3.22. The Kier molecular flexibility index (Phi) is 7.43. The molecule has 0 saturated heterocycles. The van der Waals surface area contributed by atoms with E-state index in [4.69, 9.17) is 4.74 Å². The molecule has 0 bridgehead atoms. The molecular weight excluding hydrogens is 506 g/mol. The van der Waals surface area contributed by atoms with Crippen LogP contribution in [0.5, 0.6) is 17.2 Å². The maximum absolute atomic E-state index is 13.2. The lowest BCUT2D eigenvalue weighted by atomic mass is 10.1. The van der Waals surface area contributed by atoms with Crippen molar-refractivity contribution in [3.8, 4) is 17.2 Å². The summed E-state index contributed by atoms with van der Waals surface area (Å²) in [6, 6.07) is 6.91. The molecule has 1 heterocycles. The fraction of sp³-hybridized carbons (Fsp3) is 0.143. The van der Waals surface area contributed by atoms with Crippen molar-refractivity contribution in [1.29, 1.82) is 0 Å². The van der Waals surface area contributed by atoms with E-state index in [-0.39, 0.29) is 16.4 Å². The molecule has 0 unspecified atom stereocenters. The number of carbonyl (C=O) groups is 2. The molecule has 0 radical (unpaired) electrons. The Morgan fingerprint density at radius 1 is 0.857 bits per heavy atom. The highest BCUT2D eigenvalue weighted by Gasteiger charge is 2.33. The highest BCUT2D eigenvalue weighted by Crippen LogP contribution is 2.39. The lowest BCUT2D eigenvalue weighted by molar-refractivity contribution is -0.274. The molecule has 0 aliphatic rings. The monoisotopic (exact) mass is 520 g/mol. The number of rotatable bonds is 6. The second-order valence-corrected chi connectivity index (χ2v) is 7.46. The van der Waals surface area contributed by atoms with E-state index in [2.05, 4.69) is 20.1 Å². The van der Waals surface area contributed by atoms with Gasteiger partial charge in [-0.1, -0.05) is 12.1 Å². The van der Waals surface area contributed by atoms with Gasteiger partial charge in [0.25, 0.3) is 0 Å². The van der Waals surface area contributed by atoms with E-state index >= 15 is 0 Å². The van der Waals surface area contributed by atoms with Crippen molar-refractivity contribution < 1.29 is 50.1 Å². The molecule has 2 amide bonds. The predicted molar refractivity (Wildman–Crippen MR) is 113 cm³/mol. The number of anilines is 2. The lowest BCUT2D eigenvalue weighted by Gasteiger charge is -2.17. The molecule has 7 nitrogen and oxygen atoms in total. The number of amides is 2. The zero-order valence-electron chi connectivity index (χ0n) is 17.4. The minimum absolute atomic E-state index is 0.0148. The van der Waals surface area contributed by atoms with Gasteiger partial charge in [0.1, 0.15) is 0 Å². The molecule has 35 heavy (non-hydrogen) atoms. The Hall–Kier alpha value is -3.94. The number of alkyl halides is 6. The van der Waals surface area contributed by atoms with Gasteiger partial charge in [-0.05, 0) is 41.8 Å². The minimum atomic E-state index is -5.05. The van der Waals surface area contributed by atoms with E-state index in [1.54, 1.807) is 0 Å². The fourth-order valence-electron chi connectivity index (χ4n) is 2.69. The zero-order chi connectivity index (χ0) is 25.8. The Morgan fingerprint density at radius 3 is 2.20 bits per heavy atom. The van der Waals surface area contributed by atoms with Crippen molar-refractivity contribution in [3.05, 3.63) is 64.4 Å². The van der Waals surface area contributed by atoms with Crippen molar-refractivity contribution in [1.82, 2.24) is 0 Å². The Labute approximate surface area is 197 Å². The number of halogens is 6. The van der Waals surface area contributed by atoms with Crippen LogP contribution >= 0.6 is 11.3 Å². The number of urea groups is 1. The molecule has 0 aliphatic carbocycles. The largest absolute Gasteiger partial charge is 0.573 e. The third-order valence-corrected chi connectivity index (χ3v) is 5.01. The van der Waals surface area contributed by atoms with Crippen LogP contribution in [-0.2, 0) is 10.9 Å². The first-order chi connectivity index (χ1) is 16.4. The Morgan fingerprint density at radius 2 is 1.54 bits per heavy atom. The zero-order valence-corrected chi connectivity index (χ0v) is 18.2. The van der Waals surface area contributed by atoms with Crippen molar-refractivity contribution in [3.63, 3.8) is 0 Å². The number of thiophene rings is 1. The van der Waals surface area contributed by atoms with Gasteiger partial charge in [-0.25, -0.2) is 9.59 Å². The molecule has 186 valence electrons. The van der Waals surface area contributed by atoms with E-state index in [0.717, 1.165) is 36.6 Å². The molecule has 0 saturated carbocycles. The van der Waals surface area contributed by atoms with Gasteiger partial charge in [0.2, 0.25) is 0 Å². The average molecular weight is 520 g/mol. The van der Waals surface area contributed by atoms with E-state index in [0.29, 0.717) is 12.1 Å². The number of hydrogen-bond donors (Lipinski definition) is 2. The van der Waals surface area contributed by atoms with E-state index in [1.807, 2.05) is 0 Å². The van der Waals surface area contributed by atoms with Crippen LogP contribution in [0.25, 0.3) is 0 Å². The highest BCUT2D eigenvalue weighted by atomic mass is 32.1. The third-order valence-electron chi connectivity index (χ3n) is 4.14. The van der Waals surface area contributed by atoms with Gasteiger partial charge in [0.15, 0.2) is 22.1 Å². The Balaban J connectivity index is 1.90. The molecule has 1 aromatic heterocycles. The van der Waals surface area contributed by atoms with Crippen LogP contribution in [0.3, 0.4) is 0 Å². The second kappa shape index (κ2) is 10.1. The van der Waals surface area contributed by atoms with Gasteiger partial charge >= 0.3 is 24.5 Å². The molecule has 0 spiro atoms. The van der Waals surface area contributed by atoms with Gasteiger partial charge in [0.05, 0.1) is 24.0 Å². The van der Waals surface area contributed by atoms with Crippen molar-refractivity contribution in [2.24, 2.45) is 0 Å². The second-order valence-electron chi connectivity index (χ2n) is 6.54. The summed E-state index contributed by atoms with van der Waals surface area (Å²) in [7, 11) is 1.13. The van der Waals surface area contributed by atoms with Crippen molar-refractivity contribution in [2.75, 3.05) is 17.7 Å². The number of esters is 1. The van der Waals surface area contributed by atoms with Crippen LogP contribution in [0.1, 0.15) is 15.2 Å². The molecule has 0 fully saturated rings. The first-order valence-corrected chi connectivity index (χ1v) is 10.2. The number of hydrogen-bond acceptors (Lipinski definition) is 6. The molecule has 2 aromatic carbocycles. The molecule has 14 heteroatoms. The number of nitrogens with one attached hydrogen (secondary N) is 2. The summed E-state index contributed by atoms with van der Waals surface area (Å²) in [6.07, 6.45) is -9.83. The van der Waals surface area contributed by atoms with Gasteiger partial charge in [0, 0.05) is 0 Å². The molecular formula is C21H14F6N2O5S. The van der Waals surface area contributed by atoms with Gasteiger partial charge in [-0.3, -0.25) is 0 Å². The smallest absolute Gasteiger partial charge is 0.465 e. The summed E-state index contributed by atoms with van der Waals surface area (Å²) in [5.74, 6) is -1.82. The number of methoxy groups -OCH3 is 1. The first-order valence-electron chi connectivity index (χ1n) is 9.35. The number of carbonyl (C=O) groups excluding carboxylic acids is 2. The summed E-state index contributed by atoms with van der Waals surface area (Å²) in [5.41, 5.74) is -2.02. The van der Waals surface area contributed by atoms with E-state index < -0.39 is 47.2 Å². The molecule has 0 atom stereocenters. The summed E-state index contributed by atoms with van der Waals surface area (Å²) < 4.78 is 91.5. The van der Waals surface area contributed by atoms with Crippen LogP contribution in [0.15, 0.2) is 53.9 Å². The number of benzene rings is 2. The molecule has 0 aliphatic heterocycles. The van der Waals surface area contributed by atoms with Gasteiger partial charge < -0.3 is 24.8 Å². The minimum Gasteiger partial charge on any atom is -0.465 e. The molecule has 2 N–H and O–H groups in total. The Bertz CT molecular complexity index is 1230. The van der Waals surface area contributed by atoms with Crippen LogP contribution < -0.4 is 20.1 Å². The SMILES string of the molecule is COC(=O)c1sccc1Oc1ccc(C(F)(F)F)cc1NC(=O)Nc1ccccc1OC(F)(F)F. The maximum Gasteiger partial charge on any atom is 0.573 e. The normalized spacial score (nSPS) is 11.5. The molecule has 3 rings (SSSR count). The van der Waals surface area contributed by atoms with Crippen LogP contribution in [0, 0.1) is 0 Å². The van der Waals surface area contributed by atoms with E-state index in [1.165, 1.54) is 23.6 Å². The summed E-state index contributed by atoms with van der Waals surface area (Å²) in [6.45, 7) is 0. The quantitative estimate of drug-likeness (QED) is 0.273. The summed E-state index contributed by atoms with van der Waals surface area (Å²) in [5, 5.41) is 5.67. The molecule has 3 aromatic rings. The lowest BCUT2D eigenvalue weighted by Crippen LogP contribution is -2.22. The number of ether oxygens (including phenoxy) is 3. The third kappa shape index (κ3) is 6.79. The van der Waals surface area contributed by atoms with Crippen LogP contribution in [-0.4, -0.2) is 25.5 Å². The van der Waals surface area contributed by atoms with Crippen LogP contribution in [0.4, 0.5) is 42.5 Å². The van der Waals surface area contributed by atoms with Gasteiger partial charge in [-0.2, -0.15) is 13.2 Å². The van der Waals surface area contributed by atoms with Gasteiger partial charge in [-0.15, -0.1) is 24.5 Å². The topological polar surface area (TPSA) is 85.9 Å². The maximum atomic E-state index is 13.2. The standard InChI is InChI=1S/C21H14F6N2O5S/c1-32-18(30)17-16(8-9-35-17)33-14-7-6-11(20(22,23)24)10-13(14)29-19(31)28-12-4-2-3-5-15(12)34-21(25,26)27/h2-10H,1H3,(H2,28,29,31). The van der Waals surface area contributed by atoms with E-state index in [9.17, 15) is 35.9 Å². The first kappa shape index (κ1) is 25.7. The van der Waals surface area contributed by atoms with Crippen molar-refractivity contribution >= 4 is 34.7 Å². The fourth-order valence-corrected chi connectivity index (χ4v) is 3.42. The summed E-state index contributed by atoms with van der Waals surface area (Å²) >= 11 is 0.951. The van der Waals surface area contributed by atoms with Crippen molar-refractivity contribution in [2.45, 2.75) is 12.5 Å². The van der Waals surface area contributed by atoms with Crippen LogP contribution in [0.2, 0.25) is 0 Å². The summed E-state index contributed by atoms with van der Waals surface area (Å²) in [4.78, 5) is 24.3. The predicted octanol–water partition coefficient (Wildman–Crippen LogP) is 6.89. The highest BCUT2D eigenvalue weighted by molar-refractivity contribution is 7.12. The number of para-hydroxylation sites is 2.